The molecule has 1 aliphatic carbocycles. The lowest BCUT2D eigenvalue weighted by Crippen LogP contribution is -1.85. The fourth-order valence-corrected chi connectivity index (χ4v) is 1.18. The first-order valence-corrected chi connectivity index (χ1v) is 3.88. The van der Waals surface area contributed by atoms with E-state index < -0.39 is 0 Å². The molecule has 0 amide bonds. The van der Waals surface area contributed by atoms with Crippen LogP contribution in [0, 0.1) is 0 Å². The molecule has 0 aromatic heterocycles. The largest absolute Gasteiger partial charge is 0.126 e. The van der Waals surface area contributed by atoms with Gasteiger partial charge in [0, 0.05) is 5.88 Å². The first-order valence-electron chi connectivity index (χ1n) is 3.35. The minimum absolute atomic E-state index is 0.746. The van der Waals surface area contributed by atoms with Gasteiger partial charge in [-0.25, -0.2) is 0 Å². The number of allylic oxidation sites excluding steroid dienone is 4. The Morgan fingerprint density at radius 2 is 2.33 bits per heavy atom. The Bertz CT molecular complexity index is 134. The topological polar surface area (TPSA) is 0 Å². The molecule has 0 N–H and O–H groups in total. The molecule has 0 bridgehead atoms. The van der Waals surface area contributed by atoms with Gasteiger partial charge in [0.05, 0.1) is 0 Å². The summed E-state index contributed by atoms with van der Waals surface area (Å²) in [4.78, 5) is 0. The zero-order valence-electron chi connectivity index (χ0n) is 5.44. The van der Waals surface area contributed by atoms with Gasteiger partial charge in [0.15, 0.2) is 0 Å². The van der Waals surface area contributed by atoms with Gasteiger partial charge in [-0.3, -0.25) is 0 Å². The summed E-state index contributed by atoms with van der Waals surface area (Å²) in [5.74, 6) is 0.746. The summed E-state index contributed by atoms with van der Waals surface area (Å²) in [6, 6.07) is 0. The summed E-state index contributed by atoms with van der Waals surface area (Å²) >= 11 is 5.56. The third-order valence-corrected chi connectivity index (χ3v) is 1.64. The highest BCUT2D eigenvalue weighted by Crippen LogP contribution is 2.12. The van der Waals surface area contributed by atoms with E-state index in [1.807, 2.05) is 0 Å². The molecular formula is C8H11Cl. The number of rotatable bonds is 2. The molecule has 0 saturated heterocycles. The van der Waals surface area contributed by atoms with Crippen molar-refractivity contribution in [1.29, 1.82) is 0 Å². The highest BCUT2D eigenvalue weighted by atomic mass is 35.5. The monoisotopic (exact) mass is 142 g/mol. The third-order valence-electron chi connectivity index (χ3n) is 1.45. The van der Waals surface area contributed by atoms with E-state index in [9.17, 15) is 0 Å². The van der Waals surface area contributed by atoms with Crippen LogP contribution in [0.5, 0.6) is 0 Å². The number of alkyl halides is 1. The Morgan fingerprint density at radius 3 is 2.89 bits per heavy atom. The van der Waals surface area contributed by atoms with Gasteiger partial charge in [0.1, 0.15) is 0 Å². The van der Waals surface area contributed by atoms with Crippen LogP contribution in [-0.4, -0.2) is 5.88 Å². The van der Waals surface area contributed by atoms with Crippen LogP contribution in [0.4, 0.5) is 0 Å². The van der Waals surface area contributed by atoms with E-state index in [1.54, 1.807) is 0 Å². The van der Waals surface area contributed by atoms with Crippen molar-refractivity contribution in [3.63, 3.8) is 0 Å². The zero-order chi connectivity index (χ0) is 6.53. The van der Waals surface area contributed by atoms with Crippen molar-refractivity contribution in [2.24, 2.45) is 0 Å². The summed E-state index contributed by atoms with van der Waals surface area (Å²) in [6.45, 7) is 0. The highest BCUT2D eigenvalue weighted by Gasteiger charge is 1.94. The predicted octanol–water partition coefficient (Wildman–Crippen LogP) is 2.89. The van der Waals surface area contributed by atoms with Crippen LogP contribution in [0.15, 0.2) is 23.8 Å². The second-order valence-electron chi connectivity index (χ2n) is 2.20. The Morgan fingerprint density at radius 1 is 1.44 bits per heavy atom. The van der Waals surface area contributed by atoms with Crippen LogP contribution < -0.4 is 0 Å². The van der Waals surface area contributed by atoms with Gasteiger partial charge in [0.2, 0.25) is 0 Å². The summed E-state index contributed by atoms with van der Waals surface area (Å²) in [5, 5.41) is 0. The molecule has 0 radical (unpaired) electrons. The third kappa shape index (κ3) is 2.23. The zero-order valence-corrected chi connectivity index (χ0v) is 6.19. The molecule has 1 aliphatic rings. The Hall–Kier alpha value is -0.230. The van der Waals surface area contributed by atoms with E-state index in [0.717, 1.165) is 12.3 Å². The average molecular weight is 143 g/mol. The van der Waals surface area contributed by atoms with Crippen LogP contribution in [0.3, 0.4) is 0 Å². The summed E-state index contributed by atoms with van der Waals surface area (Å²) in [5.41, 5.74) is 1.40. The Labute approximate surface area is 61.2 Å². The Kier molecular flexibility index (Phi) is 2.85. The van der Waals surface area contributed by atoms with Crippen molar-refractivity contribution < 1.29 is 0 Å². The molecule has 0 atom stereocenters. The molecule has 0 fully saturated rings. The average Bonchev–Trinajstić information content (AvgIpc) is 1.91. The molecule has 0 unspecified atom stereocenters. The molecule has 1 heteroatoms. The standard InChI is InChI=1S/C8H11Cl/c9-7-6-8-4-2-1-3-5-8/h2,4-5H,1,3,6-7H2. The van der Waals surface area contributed by atoms with Crippen molar-refractivity contribution in [3.8, 4) is 0 Å². The van der Waals surface area contributed by atoms with E-state index in [1.165, 1.54) is 18.4 Å². The first kappa shape index (κ1) is 6.88. The lowest BCUT2D eigenvalue weighted by molar-refractivity contribution is 0.986. The van der Waals surface area contributed by atoms with Gasteiger partial charge in [-0.1, -0.05) is 23.8 Å². The molecule has 0 aliphatic heterocycles. The van der Waals surface area contributed by atoms with Crippen LogP contribution >= 0.6 is 11.6 Å². The molecule has 1 rings (SSSR count). The van der Waals surface area contributed by atoms with E-state index in [2.05, 4.69) is 18.2 Å². The SMILES string of the molecule is ClCCC1=CCCC=C1. The minimum Gasteiger partial charge on any atom is -0.126 e. The molecule has 9 heavy (non-hydrogen) atoms. The number of halogens is 1. The van der Waals surface area contributed by atoms with Crippen LogP contribution in [-0.2, 0) is 0 Å². The fraction of sp³-hybridized carbons (Fsp3) is 0.500. The highest BCUT2D eigenvalue weighted by molar-refractivity contribution is 6.18. The van der Waals surface area contributed by atoms with Crippen LogP contribution in [0.2, 0.25) is 0 Å². The van der Waals surface area contributed by atoms with Gasteiger partial charge in [0.25, 0.3) is 0 Å². The maximum absolute atomic E-state index is 5.56. The van der Waals surface area contributed by atoms with Crippen molar-refractivity contribution in [1.82, 2.24) is 0 Å². The van der Waals surface area contributed by atoms with Crippen LogP contribution in [0.1, 0.15) is 19.3 Å². The Balaban J connectivity index is 2.38. The second-order valence-corrected chi connectivity index (χ2v) is 2.58. The van der Waals surface area contributed by atoms with Crippen LogP contribution in [0.25, 0.3) is 0 Å². The lowest BCUT2D eigenvalue weighted by atomic mass is 10.1. The maximum Gasteiger partial charge on any atom is 0.0263 e. The number of hydrogen-bond donors (Lipinski definition) is 0. The number of hydrogen-bond acceptors (Lipinski definition) is 0. The molecule has 0 aromatic carbocycles. The molecule has 0 nitrogen and oxygen atoms in total. The molecule has 50 valence electrons. The van der Waals surface area contributed by atoms with Crippen molar-refractivity contribution in [2.75, 3.05) is 5.88 Å². The second kappa shape index (κ2) is 3.73. The molecule has 0 spiro atoms. The lowest BCUT2D eigenvalue weighted by Gasteiger charge is -2.02. The summed E-state index contributed by atoms with van der Waals surface area (Å²) in [7, 11) is 0. The van der Waals surface area contributed by atoms with E-state index >= 15 is 0 Å². The summed E-state index contributed by atoms with van der Waals surface area (Å²) < 4.78 is 0. The van der Waals surface area contributed by atoms with Gasteiger partial charge in [-0.05, 0) is 19.3 Å². The molecule has 0 heterocycles. The van der Waals surface area contributed by atoms with E-state index in [4.69, 9.17) is 11.6 Å². The van der Waals surface area contributed by atoms with Crippen molar-refractivity contribution in [2.45, 2.75) is 19.3 Å². The molecular weight excluding hydrogens is 132 g/mol. The van der Waals surface area contributed by atoms with Gasteiger partial charge < -0.3 is 0 Å². The van der Waals surface area contributed by atoms with E-state index in [0.29, 0.717) is 0 Å². The van der Waals surface area contributed by atoms with Gasteiger partial charge >= 0.3 is 0 Å². The van der Waals surface area contributed by atoms with Crippen molar-refractivity contribution in [3.05, 3.63) is 23.8 Å². The maximum atomic E-state index is 5.56. The molecule has 0 aromatic rings. The smallest absolute Gasteiger partial charge is 0.0263 e. The van der Waals surface area contributed by atoms with E-state index in [-0.39, 0.29) is 0 Å². The molecule has 0 saturated carbocycles. The van der Waals surface area contributed by atoms with Gasteiger partial charge in [-0.2, -0.15) is 0 Å². The summed E-state index contributed by atoms with van der Waals surface area (Å²) in [6.07, 6.45) is 10.1. The normalized spacial score (nSPS) is 17.7. The fourth-order valence-electron chi connectivity index (χ4n) is 0.962. The van der Waals surface area contributed by atoms with Gasteiger partial charge in [-0.15, -0.1) is 11.6 Å². The minimum atomic E-state index is 0.746. The quantitative estimate of drug-likeness (QED) is 0.520. The van der Waals surface area contributed by atoms with Crippen molar-refractivity contribution >= 4 is 11.6 Å². The predicted molar refractivity (Wildman–Crippen MR) is 41.8 cm³/mol. The first-order chi connectivity index (χ1) is 4.43.